The Balaban J connectivity index is 1.57. The second-order valence-electron chi connectivity index (χ2n) is 5.25. The number of nitrogens with zero attached hydrogens (tertiary/aromatic N) is 2. The van der Waals surface area contributed by atoms with Crippen LogP contribution in [0.4, 0.5) is 0 Å². The number of thiophene rings is 1. The standard InChI is InChI=1S/C16H19N3O2S2/c1-2-14-6-7-15(22-14)23(20,21)18-10-4-11-19-12-8-13-5-3-9-17-16(13)19/h3,5-9,12,18H,2,4,10-11H2,1H3. The van der Waals surface area contributed by atoms with Crippen molar-refractivity contribution in [1.82, 2.24) is 14.3 Å². The molecule has 0 fully saturated rings. The molecular weight excluding hydrogens is 330 g/mol. The Morgan fingerprint density at radius 1 is 1.26 bits per heavy atom. The van der Waals surface area contributed by atoms with Gasteiger partial charge in [0, 0.05) is 35.7 Å². The van der Waals surface area contributed by atoms with E-state index < -0.39 is 10.0 Å². The van der Waals surface area contributed by atoms with Crippen molar-refractivity contribution in [3.05, 3.63) is 47.6 Å². The average Bonchev–Trinajstić information content (AvgIpc) is 3.19. The van der Waals surface area contributed by atoms with Crippen LogP contribution < -0.4 is 4.72 Å². The van der Waals surface area contributed by atoms with Crippen molar-refractivity contribution < 1.29 is 8.42 Å². The van der Waals surface area contributed by atoms with Gasteiger partial charge in [-0.3, -0.25) is 0 Å². The summed E-state index contributed by atoms with van der Waals surface area (Å²) in [6.45, 7) is 3.16. The Labute approximate surface area is 140 Å². The number of aryl methyl sites for hydroxylation is 2. The van der Waals surface area contributed by atoms with Crippen LogP contribution in [0.1, 0.15) is 18.2 Å². The zero-order valence-corrected chi connectivity index (χ0v) is 14.5. The maximum absolute atomic E-state index is 12.2. The molecule has 5 nitrogen and oxygen atoms in total. The van der Waals surface area contributed by atoms with Crippen molar-refractivity contribution in [2.75, 3.05) is 6.54 Å². The largest absolute Gasteiger partial charge is 0.332 e. The van der Waals surface area contributed by atoms with E-state index in [1.54, 1.807) is 12.3 Å². The van der Waals surface area contributed by atoms with E-state index in [9.17, 15) is 8.42 Å². The lowest BCUT2D eigenvalue weighted by molar-refractivity contribution is 0.573. The Morgan fingerprint density at radius 3 is 2.91 bits per heavy atom. The summed E-state index contributed by atoms with van der Waals surface area (Å²) in [4.78, 5) is 5.43. The van der Waals surface area contributed by atoms with Gasteiger partial charge in [-0.05, 0) is 43.2 Å². The van der Waals surface area contributed by atoms with Crippen molar-refractivity contribution in [3.63, 3.8) is 0 Å². The fraction of sp³-hybridized carbons (Fsp3) is 0.312. The molecule has 0 saturated carbocycles. The predicted molar refractivity (Wildman–Crippen MR) is 93.2 cm³/mol. The number of sulfonamides is 1. The van der Waals surface area contributed by atoms with E-state index in [0.29, 0.717) is 17.2 Å². The maximum atomic E-state index is 12.2. The lowest BCUT2D eigenvalue weighted by Gasteiger charge is -2.06. The molecule has 0 unspecified atom stereocenters. The molecule has 3 aromatic rings. The topological polar surface area (TPSA) is 64.0 Å². The number of fused-ring (bicyclic) bond motifs is 1. The Morgan fingerprint density at radius 2 is 2.13 bits per heavy atom. The highest BCUT2D eigenvalue weighted by atomic mass is 32.2. The Kier molecular flexibility index (Phi) is 4.79. The summed E-state index contributed by atoms with van der Waals surface area (Å²) in [5.74, 6) is 0. The molecule has 0 radical (unpaired) electrons. The second-order valence-corrected chi connectivity index (χ2v) is 8.41. The monoisotopic (exact) mass is 349 g/mol. The third-order valence-electron chi connectivity index (χ3n) is 3.64. The number of hydrogen-bond acceptors (Lipinski definition) is 4. The highest BCUT2D eigenvalue weighted by Gasteiger charge is 2.15. The molecular formula is C16H19N3O2S2. The van der Waals surface area contributed by atoms with Gasteiger partial charge < -0.3 is 4.57 Å². The summed E-state index contributed by atoms with van der Waals surface area (Å²) < 4.78 is 29.5. The van der Waals surface area contributed by atoms with Gasteiger partial charge in [0.25, 0.3) is 0 Å². The Hall–Kier alpha value is -1.70. The zero-order chi connectivity index (χ0) is 16.3. The van der Waals surface area contributed by atoms with Gasteiger partial charge in [-0.1, -0.05) is 6.92 Å². The van der Waals surface area contributed by atoms with Crippen LogP contribution >= 0.6 is 11.3 Å². The van der Waals surface area contributed by atoms with Gasteiger partial charge in [-0.25, -0.2) is 18.1 Å². The van der Waals surface area contributed by atoms with E-state index in [1.807, 2.05) is 42.0 Å². The lowest BCUT2D eigenvalue weighted by Crippen LogP contribution is -2.24. The first kappa shape index (κ1) is 16.2. The van der Waals surface area contributed by atoms with Crippen LogP contribution in [0.25, 0.3) is 11.0 Å². The van der Waals surface area contributed by atoms with Crippen molar-refractivity contribution in [3.8, 4) is 0 Å². The van der Waals surface area contributed by atoms with Crippen LogP contribution in [0, 0.1) is 0 Å². The maximum Gasteiger partial charge on any atom is 0.250 e. The third kappa shape index (κ3) is 3.63. The average molecular weight is 349 g/mol. The summed E-state index contributed by atoms with van der Waals surface area (Å²) in [6.07, 6.45) is 5.32. The smallest absolute Gasteiger partial charge is 0.250 e. The molecule has 0 aromatic carbocycles. The molecule has 7 heteroatoms. The van der Waals surface area contributed by atoms with Crippen LogP contribution in [-0.4, -0.2) is 24.5 Å². The molecule has 3 heterocycles. The second kappa shape index (κ2) is 6.82. The van der Waals surface area contributed by atoms with E-state index in [0.717, 1.165) is 28.9 Å². The Bertz CT molecular complexity index is 897. The van der Waals surface area contributed by atoms with E-state index in [-0.39, 0.29) is 0 Å². The SMILES string of the molecule is CCc1ccc(S(=O)(=O)NCCCn2ccc3cccnc32)s1. The zero-order valence-electron chi connectivity index (χ0n) is 12.9. The van der Waals surface area contributed by atoms with Crippen molar-refractivity contribution in [1.29, 1.82) is 0 Å². The number of rotatable bonds is 7. The van der Waals surface area contributed by atoms with E-state index in [4.69, 9.17) is 0 Å². The number of hydrogen-bond donors (Lipinski definition) is 1. The molecule has 0 aliphatic rings. The first-order valence-corrected chi connectivity index (χ1v) is 9.88. The molecule has 0 amide bonds. The normalized spacial score (nSPS) is 12.0. The molecule has 0 aliphatic heterocycles. The van der Waals surface area contributed by atoms with Crippen LogP contribution in [0.2, 0.25) is 0 Å². The van der Waals surface area contributed by atoms with E-state index in [1.165, 1.54) is 11.3 Å². The molecule has 0 spiro atoms. The molecule has 23 heavy (non-hydrogen) atoms. The van der Waals surface area contributed by atoms with Crippen LogP contribution in [0.3, 0.4) is 0 Å². The first-order chi connectivity index (χ1) is 11.1. The minimum atomic E-state index is -3.39. The first-order valence-electron chi connectivity index (χ1n) is 7.58. The molecule has 0 bridgehead atoms. The summed E-state index contributed by atoms with van der Waals surface area (Å²) in [5.41, 5.74) is 0.932. The minimum Gasteiger partial charge on any atom is -0.332 e. The van der Waals surface area contributed by atoms with Gasteiger partial charge in [0.1, 0.15) is 9.86 Å². The number of aromatic nitrogens is 2. The van der Waals surface area contributed by atoms with Gasteiger partial charge >= 0.3 is 0 Å². The van der Waals surface area contributed by atoms with Crippen molar-refractivity contribution >= 4 is 32.4 Å². The molecule has 122 valence electrons. The van der Waals surface area contributed by atoms with Gasteiger partial charge in [0.15, 0.2) is 0 Å². The van der Waals surface area contributed by atoms with Gasteiger partial charge in [-0.2, -0.15) is 0 Å². The predicted octanol–water partition coefficient (Wildman–Crippen LogP) is 3.03. The van der Waals surface area contributed by atoms with Crippen LogP contribution in [-0.2, 0) is 23.0 Å². The minimum absolute atomic E-state index is 0.391. The molecule has 0 saturated heterocycles. The molecule has 0 atom stereocenters. The van der Waals surface area contributed by atoms with Crippen molar-refractivity contribution in [2.24, 2.45) is 0 Å². The molecule has 0 aliphatic carbocycles. The van der Waals surface area contributed by atoms with E-state index in [2.05, 4.69) is 9.71 Å². The fourth-order valence-corrected chi connectivity index (χ4v) is 4.83. The quantitative estimate of drug-likeness (QED) is 0.667. The van der Waals surface area contributed by atoms with Gasteiger partial charge in [0.05, 0.1) is 0 Å². The van der Waals surface area contributed by atoms with Crippen LogP contribution in [0.15, 0.2) is 46.9 Å². The summed E-state index contributed by atoms with van der Waals surface area (Å²) in [5, 5.41) is 1.10. The molecule has 3 rings (SSSR count). The summed E-state index contributed by atoms with van der Waals surface area (Å²) in [6, 6.07) is 9.49. The van der Waals surface area contributed by atoms with Crippen molar-refractivity contribution in [2.45, 2.75) is 30.5 Å². The lowest BCUT2D eigenvalue weighted by atomic mass is 10.3. The summed E-state index contributed by atoms with van der Waals surface area (Å²) >= 11 is 1.33. The van der Waals surface area contributed by atoms with Gasteiger partial charge in [-0.15, -0.1) is 11.3 Å². The molecule has 1 N–H and O–H groups in total. The molecule has 3 aromatic heterocycles. The van der Waals surface area contributed by atoms with Crippen LogP contribution in [0.5, 0.6) is 0 Å². The van der Waals surface area contributed by atoms with E-state index >= 15 is 0 Å². The highest BCUT2D eigenvalue weighted by molar-refractivity contribution is 7.91. The third-order valence-corrected chi connectivity index (χ3v) is 6.82. The number of nitrogens with one attached hydrogen (secondary N) is 1. The fourth-order valence-electron chi connectivity index (χ4n) is 2.42. The van der Waals surface area contributed by atoms with Gasteiger partial charge in [0.2, 0.25) is 10.0 Å². The highest BCUT2D eigenvalue weighted by Crippen LogP contribution is 2.21. The summed E-state index contributed by atoms with van der Waals surface area (Å²) in [7, 11) is -3.39. The number of pyridine rings is 1.